The number of nitrogens with zero attached hydrogens (tertiary/aromatic N) is 2. The van der Waals surface area contributed by atoms with Crippen LogP contribution in [0.1, 0.15) is 19.8 Å². The van der Waals surface area contributed by atoms with Crippen LogP contribution in [0.25, 0.3) is 0 Å². The fourth-order valence-corrected chi connectivity index (χ4v) is 2.19. The summed E-state index contributed by atoms with van der Waals surface area (Å²) < 4.78 is 0. The minimum Gasteiger partial charge on any atom is -0.366 e. The molecule has 0 amide bonds. The molecule has 1 fully saturated rings. The van der Waals surface area contributed by atoms with Crippen LogP contribution in [0.4, 0.5) is 11.4 Å². The lowest BCUT2D eigenvalue weighted by Gasteiger charge is -2.22. The summed E-state index contributed by atoms with van der Waals surface area (Å²) in [6.45, 7) is 3.66. The molecule has 4 nitrogen and oxygen atoms in total. The lowest BCUT2D eigenvalue weighted by Crippen LogP contribution is -2.26. The molecule has 0 atom stereocenters. The molecule has 0 radical (unpaired) electrons. The van der Waals surface area contributed by atoms with Gasteiger partial charge in [0.25, 0.3) is 0 Å². The quantitative estimate of drug-likeness (QED) is 0.597. The van der Waals surface area contributed by atoms with E-state index in [1.807, 2.05) is 11.8 Å². The summed E-state index contributed by atoms with van der Waals surface area (Å²) in [5.74, 6) is 0.688. The van der Waals surface area contributed by atoms with Gasteiger partial charge in [0.05, 0.1) is 4.92 Å². The molecule has 1 saturated carbocycles. The lowest BCUT2D eigenvalue weighted by atomic mass is 10.2. The third kappa shape index (κ3) is 2.69. The van der Waals surface area contributed by atoms with Crippen molar-refractivity contribution in [3.63, 3.8) is 0 Å². The second kappa shape index (κ2) is 4.92. The second-order valence-electron chi connectivity index (χ2n) is 4.35. The molecule has 0 spiro atoms. The van der Waals surface area contributed by atoms with Crippen LogP contribution in [0.5, 0.6) is 0 Å². The van der Waals surface area contributed by atoms with Gasteiger partial charge in [-0.3, -0.25) is 10.1 Å². The van der Waals surface area contributed by atoms with Crippen LogP contribution < -0.4 is 4.90 Å². The standard InChI is InChI=1S/C12H15ClN2O2/c1-2-14(8-9-6-7-9)11-5-3-4-10(13)12(11)15(16)17/h3-5,9H,2,6-8H2,1H3. The van der Waals surface area contributed by atoms with Crippen LogP contribution >= 0.6 is 11.6 Å². The average molecular weight is 255 g/mol. The van der Waals surface area contributed by atoms with Gasteiger partial charge in [0.1, 0.15) is 10.7 Å². The van der Waals surface area contributed by atoms with Gasteiger partial charge >= 0.3 is 5.69 Å². The van der Waals surface area contributed by atoms with Gasteiger partial charge in [0, 0.05) is 13.1 Å². The van der Waals surface area contributed by atoms with E-state index in [-0.39, 0.29) is 10.7 Å². The largest absolute Gasteiger partial charge is 0.366 e. The number of hydrogen-bond donors (Lipinski definition) is 0. The summed E-state index contributed by atoms with van der Waals surface area (Å²) in [5, 5.41) is 11.3. The minimum atomic E-state index is -0.396. The lowest BCUT2D eigenvalue weighted by molar-refractivity contribution is -0.384. The third-order valence-electron chi connectivity index (χ3n) is 3.05. The summed E-state index contributed by atoms with van der Waals surface area (Å²) in [5.41, 5.74) is 0.661. The number of benzene rings is 1. The number of nitro groups is 1. The monoisotopic (exact) mass is 254 g/mol. The average Bonchev–Trinajstić information content (AvgIpc) is 3.08. The molecule has 1 aromatic carbocycles. The number of anilines is 1. The van der Waals surface area contributed by atoms with E-state index in [1.54, 1.807) is 18.2 Å². The van der Waals surface area contributed by atoms with Crippen LogP contribution in [-0.2, 0) is 0 Å². The van der Waals surface area contributed by atoms with Crippen LogP contribution in [0, 0.1) is 16.0 Å². The summed E-state index contributed by atoms with van der Waals surface area (Å²) in [7, 11) is 0. The highest BCUT2D eigenvalue weighted by Crippen LogP contribution is 2.37. The summed E-state index contributed by atoms with van der Waals surface area (Å²) >= 11 is 5.91. The Balaban J connectivity index is 2.33. The molecule has 0 N–H and O–H groups in total. The van der Waals surface area contributed by atoms with E-state index < -0.39 is 4.92 Å². The first-order valence-corrected chi connectivity index (χ1v) is 6.19. The Labute approximate surface area is 105 Å². The highest BCUT2D eigenvalue weighted by molar-refractivity contribution is 6.33. The molecule has 0 unspecified atom stereocenters. The number of nitro benzene ring substituents is 1. The van der Waals surface area contributed by atoms with Gasteiger partial charge in [-0.25, -0.2) is 0 Å². The van der Waals surface area contributed by atoms with E-state index in [0.717, 1.165) is 13.1 Å². The Morgan fingerprint density at radius 1 is 1.53 bits per heavy atom. The van der Waals surface area contributed by atoms with Gasteiger partial charge in [-0.15, -0.1) is 0 Å². The van der Waals surface area contributed by atoms with Crippen molar-refractivity contribution in [2.45, 2.75) is 19.8 Å². The van der Waals surface area contributed by atoms with Crippen molar-refractivity contribution in [1.29, 1.82) is 0 Å². The highest BCUT2D eigenvalue weighted by atomic mass is 35.5. The molecule has 17 heavy (non-hydrogen) atoms. The fraction of sp³-hybridized carbons (Fsp3) is 0.500. The molecule has 0 heterocycles. The van der Waals surface area contributed by atoms with Crippen molar-refractivity contribution in [2.24, 2.45) is 5.92 Å². The van der Waals surface area contributed by atoms with Gasteiger partial charge in [-0.05, 0) is 37.8 Å². The molecule has 0 aliphatic heterocycles. The molecule has 2 rings (SSSR count). The maximum absolute atomic E-state index is 11.1. The minimum absolute atomic E-state index is 0.0247. The van der Waals surface area contributed by atoms with Gasteiger partial charge in [0.2, 0.25) is 0 Å². The molecule has 0 bridgehead atoms. The first-order chi connectivity index (χ1) is 8.13. The Morgan fingerprint density at radius 3 is 2.76 bits per heavy atom. The predicted molar refractivity (Wildman–Crippen MR) is 68.7 cm³/mol. The van der Waals surface area contributed by atoms with Crippen LogP contribution in [0.15, 0.2) is 18.2 Å². The number of hydrogen-bond acceptors (Lipinski definition) is 3. The summed E-state index contributed by atoms with van der Waals surface area (Å²) in [6.07, 6.45) is 2.45. The molecule has 92 valence electrons. The first-order valence-electron chi connectivity index (χ1n) is 5.81. The van der Waals surface area contributed by atoms with Gasteiger partial charge in [0.15, 0.2) is 0 Å². The number of halogens is 1. The maximum Gasteiger partial charge on any atom is 0.310 e. The fourth-order valence-electron chi connectivity index (χ4n) is 1.95. The van der Waals surface area contributed by atoms with Crippen molar-refractivity contribution >= 4 is 23.0 Å². The van der Waals surface area contributed by atoms with Gasteiger partial charge in [-0.2, -0.15) is 0 Å². The molecule has 1 aliphatic carbocycles. The van der Waals surface area contributed by atoms with E-state index >= 15 is 0 Å². The van der Waals surface area contributed by atoms with Crippen molar-refractivity contribution < 1.29 is 4.92 Å². The third-order valence-corrected chi connectivity index (χ3v) is 3.35. The SMILES string of the molecule is CCN(CC1CC1)c1cccc(Cl)c1[N+](=O)[O-]. The van der Waals surface area contributed by atoms with Crippen molar-refractivity contribution in [3.05, 3.63) is 33.3 Å². The van der Waals surface area contributed by atoms with Crippen LogP contribution in [0.2, 0.25) is 5.02 Å². The Bertz CT molecular complexity index is 433. The number of para-hydroxylation sites is 1. The molecule has 1 aliphatic rings. The zero-order chi connectivity index (χ0) is 12.4. The van der Waals surface area contributed by atoms with Crippen LogP contribution in [-0.4, -0.2) is 18.0 Å². The van der Waals surface area contributed by atoms with Crippen molar-refractivity contribution in [2.75, 3.05) is 18.0 Å². The zero-order valence-electron chi connectivity index (χ0n) is 9.73. The molecule has 5 heteroatoms. The van der Waals surface area contributed by atoms with E-state index in [2.05, 4.69) is 0 Å². The molecular formula is C12H15ClN2O2. The summed E-state index contributed by atoms with van der Waals surface area (Å²) in [4.78, 5) is 12.7. The number of rotatable bonds is 5. The maximum atomic E-state index is 11.1. The summed E-state index contributed by atoms with van der Waals surface area (Å²) in [6, 6.07) is 5.10. The van der Waals surface area contributed by atoms with E-state index in [9.17, 15) is 10.1 Å². The highest BCUT2D eigenvalue weighted by Gasteiger charge is 2.28. The Kier molecular flexibility index (Phi) is 3.52. The van der Waals surface area contributed by atoms with Gasteiger partial charge in [-0.1, -0.05) is 17.7 Å². The zero-order valence-corrected chi connectivity index (χ0v) is 10.5. The van der Waals surface area contributed by atoms with E-state index in [1.165, 1.54) is 12.8 Å². The molecule has 0 aromatic heterocycles. The Morgan fingerprint density at radius 2 is 2.24 bits per heavy atom. The van der Waals surface area contributed by atoms with Gasteiger partial charge < -0.3 is 4.90 Å². The molecular weight excluding hydrogens is 240 g/mol. The normalized spacial score (nSPS) is 14.7. The smallest absolute Gasteiger partial charge is 0.310 e. The molecule has 1 aromatic rings. The molecule has 0 saturated heterocycles. The second-order valence-corrected chi connectivity index (χ2v) is 4.75. The van der Waals surface area contributed by atoms with Crippen LogP contribution in [0.3, 0.4) is 0 Å². The first kappa shape index (κ1) is 12.2. The van der Waals surface area contributed by atoms with Crippen molar-refractivity contribution in [3.8, 4) is 0 Å². The topological polar surface area (TPSA) is 46.4 Å². The van der Waals surface area contributed by atoms with Crippen molar-refractivity contribution in [1.82, 2.24) is 0 Å². The predicted octanol–water partition coefficient (Wildman–Crippen LogP) is 3.48. The Hall–Kier alpha value is -1.29. The van der Waals surface area contributed by atoms with E-state index in [0.29, 0.717) is 11.6 Å². The van der Waals surface area contributed by atoms with E-state index in [4.69, 9.17) is 11.6 Å².